The standard InChI is InChI=1S/C8H14INO/c1-6(2)7-4-3-5-10(7)8(9)11/h6-7H,3-5H2,1-2H3. The molecule has 64 valence electrons. The van der Waals surface area contributed by atoms with Crippen LogP contribution >= 0.6 is 22.6 Å². The van der Waals surface area contributed by atoms with Gasteiger partial charge in [-0.05, 0) is 18.8 Å². The summed E-state index contributed by atoms with van der Waals surface area (Å²) in [6.45, 7) is 5.33. The van der Waals surface area contributed by atoms with E-state index in [4.69, 9.17) is 0 Å². The minimum atomic E-state index is 0.207. The smallest absolute Gasteiger partial charge is 0.283 e. The monoisotopic (exact) mass is 267 g/mol. The second-order valence-corrected chi connectivity index (χ2v) is 4.32. The molecule has 0 aliphatic carbocycles. The van der Waals surface area contributed by atoms with E-state index >= 15 is 0 Å². The number of nitrogens with zero attached hydrogens (tertiary/aromatic N) is 1. The minimum Gasteiger partial charge on any atom is -0.331 e. The first kappa shape index (κ1) is 9.29. The van der Waals surface area contributed by atoms with Gasteiger partial charge in [-0.3, -0.25) is 4.79 Å². The van der Waals surface area contributed by atoms with E-state index < -0.39 is 0 Å². The molecule has 0 N–H and O–H groups in total. The molecule has 0 aromatic rings. The Morgan fingerprint density at radius 3 is 2.64 bits per heavy atom. The van der Waals surface area contributed by atoms with Crippen molar-refractivity contribution in [1.29, 1.82) is 0 Å². The van der Waals surface area contributed by atoms with Crippen molar-refractivity contribution in [3.05, 3.63) is 0 Å². The largest absolute Gasteiger partial charge is 0.331 e. The number of rotatable bonds is 1. The third-order valence-corrected chi connectivity index (χ3v) is 2.91. The van der Waals surface area contributed by atoms with Crippen LogP contribution in [0.3, 0.4) is 0 Å². The molecule has 1 saturated heterocycles. The highest BCUT2D eigenvalue weighted by molar-refractivity contribution is 14.1. The number of hydrogen-bond donors (Lipinski definition) is 0. The van der Waals surface area contributed by atoms with Crippen molar-refractivity contribution in [1.82, 2.24) is 4.90 Å². The van der Waals surface area contributed by atoms with Crippen molar-refractivity contribution in [3.63, 3.8) is 0 Å². The molecule has 1 rings (SSSR count). The van der Waals surface area contributed by atoms with Gasteiger partial charge in [-0.2, -0.15) is 0 Å². The fraction of sp³-hybridized carbons (Fsp3) is 0.875. The fourth-order valence-electron chi connectivity index (χ4n) is 1.70. The van der Waals surface area contributed by atoms with Gasteiger partial charge in [0.05, 0.1) is 0 Å². The Balaban J connectivity index is 2.58. The van der Waals surface area contributed by atoms with Gasteiger partial charge in [0.15, 0.2) is 0 Å². The maximum atomic E-state index is 11.1. The zero-order valence-electron chi connectivity index (χ0n) is 7.01. The second-order valence-electron chi connectivity index (χ2n) is 3.40. The van der Waals surface area contributed by atoms with Gasteiger partial charge < -0.3 is 4.90 Å². The van der Waals surface area contributed by atoms with Crippen molar-refractivity contribution in [2.45, 2.75) is 32.7 Å². The lowest BCUT2D eigenvalue weighted by atomic mass is 10.0. The van der Waals surface area contributed by atoms with Crippen LogP contribution in [0.5, 0.6) is 0 Å². The van der Waals surface area contributed by atoms with Crippen LogP contribution in [0.25, 0.3) is 0 Å². The van der Waals surface area contributed by atoms with Gasteiger partial charge >= 0.3 is 0 Å². The van der Waals surface area contributed by atoms with E-state index in [9.17, 15) is 4.79 Å². The van der Waals surface area contributed by atoms with Crippen molar-refractivity contribution in [3.8, 4) is 0 Å². The Morgan fingerprint density at radius 1 is 1.64 bits per heavy atom. The molecule has 0 saturated carbocycles. The van der Waals surface area contributed by atoms with Crippen LogP contribution in [-0.4, -0.2) is 21.4 Å². The van der Waals surface area contributed by atoms with Crippen LogP contribution < -0.4 is 0 Å². The van der Waals surface area contributed by atoms with Gasteiger partial charge in [0.25, 0.3) is 3.91 Å². The minimum absolute atomic E-state index is 0.207. The summed E-state index contributed by atoms with van der Waals surface area (Å²) in [6, 6.07) is 0.499. The number of carbonyl (C=O) groups is 1. The quantitative estimate of drug-likeness (QED) is 0.406. The van der Waals surface area contributed by atoms with Crippen LogP contribution in [0.15, 0.2) is 0 Å². The summed E-state index contributed by atoms with van der Waals surface area (Å²) in [5.41, 5.74) is 0. The van der Waals surface area contributed by atoms with Crippen LogP contribution in [0.1, 0.15) is 26.7 Å². The summed E-state index contributed by atoms with van der Waals surface area (Å²) in [7, 11) is 0. The Morgan fingerprint density at radius 2 is 2.27 bits per heavy atom. The molecule has 1 unspecified atom stereocenters. The normalized spacial score (nSPS) is 24.7. The summed E-state index contributed by atoms with van der Waals surface area (Å²) in [5, 5.41) is 0. The van der Waals surface area contributed by atoms with Crippen LogP contribution in [-0.2, 0) is 0 Å². The average molecular weight is 267 g/mol. The van der Waals surface area contributed by atoms with E-state index in [0.717, 1.165) is 6.54 Å². The molecule has 1 amide bonds. The molecule has 1 heterocycles. The maximum Gasteiger partial charge on any atom is 0.283 e. The van der Waals surface area contributed by atoms with Gasteiger partial charge in [0.2, 0.25) is 0 Å². The second kappa shape index (κ2) is 3.74. The SMILES string of the molecule is CC(C)C1CCCN1C(=O)I. The zero-order chi connectivity index (χ0) is 8.43. The third kappa shape index (κ3) is 2.07. The highest BCUT2D eigenvalue weighted by Crippen LogP contribution is 2.25. The van der Waals surface area contributed by atoms with Gasteiger partial charge in [-0.25, -0.2) is 0 Å². The highest BCUT2D eigenvalue weighted by atomic mass is 127. The highest BCUT2D eigenvalue weighted by Gasteiger charge is 2.29. The molecule has 1 aliphatic heterocycles. The average Bonchev–Trinajstić information content (AvgIpc) is 2.32. The van der Waals surface area contributed by atoms with E-state index in [1.54, 1.807) is 0 Å². The Labute approximate surface area is 81.5 Å². The summed E-state index contributed by atoms with van der Waals surface area (Å²) >= 11 is 1.88. The van der Waals surface area contributed by atoms with E-state index in [-0.39, 0.29) is 3.91 Å². The fourth-order valence-corrected chi connectivity index (χ4v) is 2.30. The lowest BCUT2D eigenvalue weighted by molar-refractivity contribution is 0.206. The molecule has 0 aromatic carbocycles. The maximum absolute atomic E-state index is 11.1. The molecule has 0 spiro atoms. The number of hydrogen-bond acceptors (Lipinski definition) is 1. The first-order chi connectivity index (χ1) is 5.13. The van der Waals surface area contributed by atoms with Gasteiger partial charge in [0, 0.05) is 35.2 Å². The molecule has 0 radical (unpaired) electrons. The topological polar surface area (TPSA) is 20.3 Å². The number of carbonyl (C=O) groups excluding carboxylic acids is 1. The first-order valence-electron chi connectivity index (χ1n) is 4.09. The van der Waals surface area contributed by atoms with Crippen LogP contribution in [0, 0.1) is 5.92 Å². The summed E-state index contributed by atoms with van der Waals surface area (Å²) in [6.07, 6.45) is 2.37. The van der Waals surface area contributed by atoms with Gasteiger partial charge in [-0.15, -0.1) is 0 Å². The summed E-state index contributed by atoms with van der Waals surface area (Å²) < 4.78 is 0.207. The predicted molar refractivity (Wildman–Crippen MR) is 54.0 cm³/mol. The van der Waals surface area contributed by atoms with E-state index in [1.807, 2.05) is 27.5 Å². The number of likely N-dealkylation sites (tertiary alicyclic amines) is 1. The molecule has 0 bridgehead atoms. The Hall–Kier alpha value is 0.200. The van der Waals surface area contributed by atoms with Gasteiger partial charge in [0.1, 0.15) is 0 Å². The number of halogens is 1. The Kier molecular flexibility index (Phi) is 3.16. The molecule has 1 fully saturated rings. The summed E-state index contributed by atoms with van der Waals surface area (Å²) in [5.74, 6) is 0.608. The third-order valence-electron chi connectivity index (χ3n) is 2.29. The molecule has 2 nitrogen and oxygen atoms in total. The van der Waals surface area contributed by atoms with E-state index in [0.29, 0.717) is 12.0 Å². The molecule has 3 heteroatoms. The zero-order valence-corrected chi connectivity index (χ0v) is 9.17. The molecular formula is C8H14INO. The predicted octanol–water partition coefficient (Wildman–Crippen LogP) is 2.66. The molecule has 1 aliphatic rings. The molecule has 0 aromatic heterocycles. The van der Waals surface area contributed by atoms with Gasteiger partial charge in [-0.1, -0.05) is 13.8 Å². The molecular weight excluding hydrogens is 253 g/mol. The molecule has 11 heavy (non-hydrogen) atoms. The lowest BCUT2D eigenvalue weighted by Gasteiger charge is -2.25. The lowest BCUT2D eigenvalue weighted by Crippen LogP contribution is -2.34. The summed E-state index contributed by atoms with van der Waals surface area (Å²) in [4.78, 5) is 13.1. The van der Waals surface area contributed by atoms with Crippen LogP contribution in [0.2, 0.25) is 0 Å². The van der Waals surface area contributed by atoms with Crippen molar-refractivity contribution >= 4 is 26.5 Å². The van der Waals surface area contributed by atoms with E-state index in [1.165, 1.54) is 12.8 Å². The van der Waals surface area contributed by atoms with Crippen LogP contribution in [0.4, 0.5) is 4.79 Å². The number of amides is 1. The first-order valence-corrected chi connectivity index (χ1v) is 5.17. The van der Waals surface area contributed by atoms with Crippen molar-refractivity contribution < 1.29 is 4.79 Å². The van der Waals surface area contributed by atoms with Crippen molar-refractivity contribution in [2.24, 2.45) is 5.92 Å². The van der Waals surface area contributed by atoms with Crippen molar-refractivity contribution in [2.75, 3.05) is 6.54 Å². The molecule has 1 atom stereocenters. The Bertz CT molecular complexity index is 158. The van der Waals surface area contributed by atoms with E-state index in [2.05, 4.69) is 13.8 Å².